The molecule has 1 fully saturated rings. The lowest BCUT2D eigenvalue weighted by molar-refractivity contribution is 0.0175. The van der Waals surface area contributed by atoms with Crippen molar-refractivity contribution in [2.75, 3.05) is 0 Å². The van der Waals surface area contributed by atoms with Crippen LogP contribution in [0.1, 0.15) is 56.7 Å². The number of carbonyl (C=O) groups excluding carboxylic acids is 1. The smallest absolute Gasteiger partial charge is 0.411 e. The molecule has 0 aliphatic carbocycles. The lowest BCUT2D eigenvalue weighted by Gasteiger charge is -2.35. The minimum atomic E-state index is -0.514. The van der Waals surface area contributed by atoms with Crippen molar-refractivity contribution in [2.45, 2.75) is 64.3 Å². The largest absolute Gasteiger partial charge is 0.487 e. The van der Waals surface area contributed by atoms with Crippen molar-refractivity contribution >= 4 is 11.7 Å². The Morgan fingerprint density at radius 2 is 1.90 bits per heavy atom. The number of carbonyl (C=O) groups is 1. The van der Waals surface area contributed by atoms with Gasteiger partial charge in [0.05, 0.1) is 11.6 Å². The lowest BCUT2D eigenvalue weighted by atomic mass is 9.93. The summed E-state index contributed by atoms with van der Waals surface area (Å²) in [6, 6.07) is 18.0. The van der Waals surface area contributed by atoms with Gasteiger partial charge in [0.1, 0.15) is 24.0 Å². The highest BCUT2D eigenvalue weighted by Crippen LogP contribution is 2.42. The third-order valence-electron chi connectivity index (χ3n) is 5.71. The minimum absolute atomic E-state index is 0.0105. The molecule has 0 saturated carbocycles. The monoisotopic (exact) mass is 416 g/mol. The zero-order chi connectivity index (χ0) is 22.0. The van der Waals surface area contributed by atoms with Crippen LogP contribution in [0.25, 0.3) is 5.57 Å². The second-order valence-corrected chi connectivity index (χ2v) is 9.15. The van der Waals surface area contributed by atoms with E-state index in [1.807, 2.05) is 68.1 Å². The molecule has 1 saturated heterocycles. The first-order chi connectivity index (χ1) is 14.9. The maximum atomic E-state index is 12.8. The van der Waals surface area contributed by atoms with Crippen LogP contribution in [-0.2, 0) is 11.3 Å². The van der Waals surface area contributed by atoms with Crippen LogP contribution in [-0.4, -0.2) is 28.7 Å². The normalized spacial score (nSPS) is 20.1. The van der Waals surface area contributed by atoms with Gasteiger partial charge in [0.2, 0.25) is 0 Å². The Labute approximate surface area is 183 Å². The fraction of sp³-hybridized carbons (Fsp3) is 0.385. The van der Waals surface area contributed by atoms with Crippen molar-refractivity contribution in [3.8, 4) is 11.8 Å². The van der Waals surface area contributed by atoms with E-state index < -0.39 is 5.60 Å². The van der Waals surface area contributed by atoms with Crippen LogP contribution < -0.4 is 4.74 Å². The summed E-state index contributed by atoms with van der Waals surface area (Å²) >= 11 is 0. The molecule has 1 amide bonds. The molecule has 0 unspecified atom stereocenters. The van der Waals surface area contributed by atoms with Gasteiger partial charge in [0.15, 0.2) is 0 Å². The van der Waals surface area contributed by atoms with E-state index in [1.165, 1.54) is 0 Å². The van der Waals surface area contributed by atoms with Crippen LogP contribution in [0.2, 0.25) is 0 Å². The number of nitriles is 1. The van der Waals surface area contributed by atoms with E-state index in [9.17, 15) is 10.1 Å². The number of rotatable bonds is 4. The molecule has 2 heterocycles. The van der Waals surface area contributed by atoms with Gasteiger partial charge in [-0.05, 0) is 57.2 Å². The van der Waals surface area contributed by atoms with Gasteiger partial charge in [-0.2, -0.15) is 5.26 Å². The molecular formula is C26H28N2O3. The van der Waals surface area contributed by atoms with Gasteiger partial charge < -0.3 is 9.47 Å². The summed E-state index contributed by atoms with van der Waals surface area (Å²) in [6.45, 7) is 6.07. The van der Waals surface area contributed by atoms with Crippen molar-refractivity contribution < 1.29 is 14.3 Å². The predicted molar refractivity (Wildman–Crippen MR) is 119 cm³/mol. The molecule has 0 aromatic heterocycles. The fourth-order valence-corrected chi connectivity index (χ4v) is 4.39. The molecule has 2 aliphatic rings. The molecule has 2 aromatic carbocycles. The highest BCUT2D eigenvalue weighted by atomic mass is 16.6. The quantitative estimate of drug-likeness (QED) is 0.642. The second kappa shape index (κ2) is 8.47. The lowest BCUT2D eigenvalue weighted by Crippen LogP contribution is -2.45. The number of para-hydroxylation sites is 1. The first-order valence-corrected chi connectivity index (χ1v) is 10.8. The molecule has 160 valence electrons. The van der Waals surface area contributed by atoms with Gasteiger partial charge in [0, 0.05) is 11.6 Å². The Morgan fingerprint density at radius 3 is 2.58 bits per heavy atom. The van der Waals surface area contributed by atoms with E-state index in [1.54, 1.807) is 6.07 Å². The Morgan fingerprint density at radius 1 is 1.13 bits per heavy atom. The summed E-state index contributed by atoms with van der Waals surface area (Å²) in [5, 5.41) is 9.66. The third-order valence-corrected chi connectivity index (χ3v) is 5.71. The SMILES string of the molecule is CC(C)(C)OC(=O)N1[C@@H]2CC[C@H]1C=C(c1cccc(C#N)c1OCc1ccccc1)C2. The number of ether oxygens (including phenoxy) is 2. The molecule has 2 atom stereocenters. The summed E-state index contributed by atoms with van der Waals surface area (Å²) in [4.78, 5) is 14.6. The summed E-state index contributed by atoms with van der Waals surface area (Å²) < 4.78 is 11.8. The number of amides is 1. The van der Waals surface area contributed by atoms with Gasteiger partial charge in [-0.3, -0.25) is 4.90 Å². The van der Waals surface area contributed by atoms with E-state index in [0.29, 0.717) is 17.9 Å². The van der Waals surface area contributed by atoms with Gasteiger partial charge in [0.25, 0.3) is 0 Å². The maximum Gasteiger partial charge on any atom is 0.411 e. The number of nitrogens with zero attached hydrogens (tertiary/aromatic N) is 2. The van der Waals surface area contributed by atoms with E-state index in [0.717, 1.165) is 36.0 Å². The van der Waals surface area contributed by atoms with Crippen LogP contribution in [0.4, 0.5) is 4.79 Å². The summed E-state index contributed by atoms with van der Waals surface area (Å²) in [6.07, 6.45) is 4.50. The van der Waals surface area contributed by atoms with Gasteiger partial charge in [-0.25, -0.2) is 4.79 Å². The average molecular weight is 417 g/mol. The molecule has 0 spiro atoms. The summed E-state index contributed by atoms with van der Waals surface area (Å²) in [5.41, 5.74) is 3.13. The molecule has 0 N–H and O–H groups in total. The zero-order valence-corrected chi connectivity index (χ0v) is 18.3. The van der Waals surface area contributed by atoms with Gasteiger partial charge >= 0.3 is 6.09 Å². The molecule has 2 aliphatic heterocycles. The fourth-order valence-electron chi connectivity index (χ4n) is 4.39. The predicted octanol–water partition coefficient (Wildman–Crippen LogP) is 5.69. The topological polar surface area (TPSA) is 62.6 Å². The van der Waals surface area contributed by atoms with E-state index in [2.05, 4.69) is 12.1 Å². The molecule has 5 nitrogen and oxygen atoms in total. The molecule has 2 bridgehead atoms. The highest BCUT2D eigenvalue weighted by Gasteiger charge is 2.42. The first kappa shape index (κ1) is 21.0. The van der Waals surface area contributed by atoms with E-state index in [4.69, 9.17) is 9.47 Å². The van der Waals surface area contributed by atoms with Gasteiger partial charge in [-0.1, -0.05) is 48.5 Å². The summed E-state index contributed by atoms with van der Waals surface area (Å²) in [5.74, 6) is 0.616. The number of fused-ring (bicyclic) bond motifs is 2. The van der Waals surface area contributed by atoms with Crippen LogP contribution in [0.15, 0.2) is 54.6 Å². The molecule has 4 rings (SSSR count). The first-order valence-electron chi connectivity index (χ1n) is 10.8. The van der Waals surface area contributed by atoms with Crippen LogP contribution in [0, 0.1) is 11.3 Å². The molecule has 2 aromatic rings. The molecule has 31 heavy (non-hydrogen) atoms. The van der Waals surface area contributed by atoms with Crippen molar-refractivity contribution in [2.24, 2.45) is 0 Å². The van der Waals surface area contributed by atoms with Crippen LogP contribution in [0.5, 0.6) is 5.75 Å². The average Bonchev–Trinajstić information content (AvgIpc) is 3.01. The molecule has 0 radical (unpaired) electrons. The molecule has 5 heteroatoms. The Balaban J connectivity index is 1.61. The maximum absolute atomic E-state index is 12.8. The van der Waals surface area contributed by atoms with Crippen molar-refractivity contribution in [3.05, 3.63) is 71.3 Å². The minimum Gasteiger partial charge on any atom is -0.487 e. The van der Waals surface area contributed by atoms with Gasteiger partial charge in [-0.15, -0.1) is 0 Å². The number of hydrogen-bond acceptors (Lipinski definition) is 4. The Hall–Kier alpha value is -3.26. The van der Waals surface area contributed by atoms with Crippen LogP contribution >= 0.6 is 0 Å². The number of benzene rings is 2. The standard InChI is InChI=1S/C26H28N2O3/c1-26(2,3)31-25(29)28-21-12-13-22(28)15-20(14-21)23-11-7-10-19(16-27)24(23)30-17-18-8-5-4-6-9-18/h4-11,14,21-22H,12-13,15,17H2,1-3H3/t21-,22+/m0/s1. The molecular weight excluding hydrogens is 388 g/mol. The van der Waals surface area contributed by atoms with Crippen molar-refractivity contribution in [3.63, 3.8) is 0 Å². The second-order valence-electron chi connectivity index (χ2n) is 9.15. The van der Waals surface area contributed by atoms with E-state index >= 15 is 0 Å². The highest BCUT2D eigenvalue weighted by molar-refractivity contribution is 5.78. The van der Waals surface area contributed by atoms with Crippen molar-refractivity contribution in [1.29, 1.82) is 5.26 Å². The van der Waals surface area contributed by atoms with Crippen LogP contribution in [0.3, 0.4) is 0 Å². The number of hydrogen-bond donors (Lipinski definition) is 0. The Bertz CT molecular complexity index is 1030. The summed E-state index contributed by atoms with van der Waals surface area (Å²) in [7, 11) is 0. The zero-order valence-electron chi connectivity index (χ0n) is 18.3. The third kappa shape index (κ3) is 4.59. The van der Waals surface area contributed by atoms with Crippen molar-refractivity contribution in [1.82, 2.24) is 4.90 Å². The van der Waals surface area contributed by atoms with E-state index in [-0.39, 0.29) is 18.2 Å². The Kier molecular flexibility index (Phi) is 5.73.